The highest BCUT2D eigenvalue weighted by atomic mass is 32.1. The van der Waals surface area contributed by atoms with E-state index in [2.05, 4.69) is 15.2 Å². The molecule has 0 saturated carbocycles. The molecule has 2 aliphatic heterocycles. The number of pyridine rings is 1. The van der Waals surface area contributed by atoms with Gasteiger partial charge in [0.1, 0.15) is 5.75 Å². The van der Waals surface area contributed by atoms with E-state index in [1.54, 1.807) is 17.0 Å². The molecule has 0 spiro atoms. The maximum atomic E-state index is 13.4. The summed E-state index contributed by atoms with van der Waals surface area (Å²) in [5.41, 5.74) is 3.25. The van der Waals surface area contributed by atoms with E-state index in [1.165, 1.54) is 23.5 Å². The van der Waals surface area contributed by atoms with Crippen LogP contribution in [-0.2, 0) is 6.54 Å². The predicted molar refractivity (Wildman–Crippen MR) is 212 cm³/mol. The van der Waals surface area contributed by atoms with Crippen molar-refractivity contribution in [3.63, 3.8) is 0 Å². The third kappa shape index (κ3) is 8.52. The van der Waals surface area contributed by atoms with Crippen LogP contribution in [0.3, 0.4) is 0 Å². The van der Waals surface area contributed by atoms with Crippen LogP contribution in [0.4, 0.5) is 10.5 Å². The lowest BCUT2D eigenvalue weighted by molar-refractivity contribution is 0.0683. The Hall–Kier alpha value is -5.01. The molecule has 54 heavy (non-hydrogen) atoms. The number of aromatic nitrogens is 1. The summed E-state index contributed by atoms with van der Waals surface area (Å²) < 4.78 is 0. The van der Waals surface area contributed by atoms with Crippen molar-refractivity contribution in [3.8, 4) is 16.9 Å². The quantitative estimate of drug-likeness (QED) is 0.0950. The highest BCUT2D eigenvalue weighted by Crippen LogP contribution is 2.35. The third-order valence-electron chi connectivity index (χ3n) is 10.9. The van der Waals surface area contributed by atoms with Crippen molar-refractivity contribution in [1.82, 2.24) is 20.1 Å². The SMILES string of the molecule is O=C(c1ccc(CNC[C@H](O)c2ccc(O)c3[nH]c(=O)ccc23)s1)N1CCC(CCN2CCC(N(C(=O)O)c3ccccc3-c3ccccc3)CC2)CC1. The third-order valence-corrected chi connectivity index (χ3v) is 12.0. The number of carbonyl (C=O) groups is 2. The topological polar surface area (TPSA) is 149 Å². The number of nitrogens with zero attached hydrogens (tertiary/aromatic N) is 3. The molecule has 2 aromatic heterocycles. The Balaban J connectivity index is 0.840. The maximum Gasteiger partial charge on any atom is 0.412 e. The Labute approximate surface area is 318 Å². The minimum absolute atomic E-state index is 0.0485. The van der Waals surface area contributed by atoms with Crippen molar-refractivity contribution >= 4 is 39.9 Å². The van der Waals surface area contributed by atoms with E-state index in [0.717, 1.165) is 86.5 Å². The van der Waals surface area contributed by atoms with Gasteiger partial charge in [-0.15, -0.1) is 11.3 Å². The van der Waals surface area contributed by atoms with E-state index in [4.69, 9.17) is 0 Å². The molecule has 5 N–H and O–H groups in total. The zero-order valence-corrected chi connectivity index (χ0v) is 31.0. The number of likely N-dealkylation sites (tertiary alicyclic amines) is 2. The van der Waals surface area contributed by atoms with E-state index in [1.807, 2.05) is 71.6 Å². The second-order valence-electron chi connectivity index (χ2n) is 14.3. The molecule has 0 radical (unpaired) electrons. The zero-order chi connectivity index (χ0) is 37.6. The number of rotatable bonds is 12. The van der Waals surface area contributed by atoms with Gasteiger partial charge in [-0.1, -0.05) is 54.6 Å². The Morgan fingerprint density at radius 2 is 1.63 bits per heavy atom. The van der Waals surface area contributed by atoms with Crippen LogP contribution in [0.1, 0.15) is 58.3 Å². The van der Waals surface area contributed by atoms with Crippen LogP contribution in [-0.4, -0.2) is 87.4 Å². The Morgan fingerprint density at radius 1 is 0.889 bits per heavy atom. The fourth-order valence-electron chi connectivity index (χ4n) is 7.93. The molecule has 2 saturated heterocycles. The van der Waals surface area contributed by atoms with Gasteiger partial charge in [0.05, 0.1) is 22.2 Å². The summed E-state index contributed by atoms with van der Waals surface area (Å²) in [6.45, 7) is 4.95. The average molecular weight is 750 g/mol. The number of hydrogen-bond donors (Lipinski definition) is 5. The standard InChI is InChI=1S/C42H47N5O6S/c48-36-13-11-33(34-12-15-39(50)44-40(34)36)37(49)27-43-26-31-10-14-38(54-31)41(51)46-24-17-28(18-25-46)16-21-45-22-19-30(20-23-45)47(42(52)53)35-9-5-4-8-32(35)29-6-2-1-3-7-29/h1-15,28,30,37,43,48-49H,16-27H2,(H,44,50)(H,52,53)/t37-/m0/s1. The molecule has 0 unspecified atom stereocenters. The number of carboxylic acid groups (broad SMARTS) is 1. The van der Waals surface area contributed by atoms with E-state index in [9.17, 15) is 29.7 Å². The number of H-pyrrole nitrogens is 1. The molecular weight excluding hydrogens is 703 g/mol. The Morgan fingerprint density at radius 3 is 2.39 bits per heavy atom. The van der Waals surface area contributed by atoms with E-state index in [-0.39, 0.29) is 29.8 Å². The smallest absolute Gasteiger partial charge is 0.412 e. The molecule has 5 aromatic rings. The van der Waals surface area contributed by atoms with E-state index < -0.39 is 12.2 Å². The number of phenols is 1. The number of hydrogen-bond acceptors (Lipinski definition) is 8. The van der Waals surface area contributed by atoms with Gasteiger partial charge in [0.2, 0.25) is 5.56 Å². The normalized spacial score (nSPS) is 16.4. The summed E-state index contributed by atoms with van der Waals surface area (Å²) in [6, 6.07) is 27.6. The van der Waals surface area contributed by atoms with Gasteiger partial charge in [-0.3, -0.25) is 14.5 Å². The van der Waals surface area contributed by atoms with Gasteiger partial charge in [0.15, 0.2) is 0 Å². The Bertz CT molecular complexity index is 2120. The van der Waals surface area contributed by atoms with Gasteiger partial charge in [-0.05, 0) is 86.0 Å². The monoisotopic (exact) mass is 749 g/mol. The van der Waals surface area contributed by atoms with Crippen molar-refractivity contribution in [2.75, 3.05) is 44.2 Å². The number of fused-ring (bicyclic) bond motifs is 1. The second kappa shape index (κ2) is 17.0. The first kappa shape index (κ1) is 37.3. The van der Waals surface area contributed by atoms with Crippen LogP contribution >= 0.6 is 11.3 Å². The fraction of sp³-hybridized carbons (Fsp3) is 0.357. The molecular formula is C42H47N5O6S. The fourth-order valence-corrected chi connectivity index (χ4v) is 8.87. The number of aliphatic hydroxyl groups is 1. The number of amides is 2. The molecule has 3 aromatic carbocycles. The van der Waals surface area contributed by atoms with Crippen molar-refractivity contribution in [2.24, 2.45) is 5.92 Å². The summed E-state index contributed by atoms with van der Waals surface area (Å²) in [7, 11) is 0. The first-order valence-electron chi connectivity index (χ1n) is 18.8. The first-order chi connectivity index (χ1) is 26.2. The highest BCUT2D eigenvalue weighted by Gasteiger charge is 2.31. The average Bonchev–Trinajstić information content (AvgIpc) is 3.67. The molecule has 0 aliphatic carbocycles. The minimum Gasteiger partial charge on any atom is -0.506 e. The molecule has 282 valence electrons. The lowest BCUT2D eigenvalue weighted by atomic mass is 9.92. The molecule has 2 aliphatic rings. The predicted octanol–water partition coefficient (Wildman–Crippen LogP) is 6.68. The number of carbonyl (C=O) groups excluding carboxylic acids is 1. The number of piperidine rings is 2. The zero-order valence-electron chi connectivity index (χ0n) is 30.2. The maximum absolute atomic E-state index is 13.4. The van der Waals surface area contributed by atoms with Crippen LogP contribution < -0.4 is 15.8 Å². The number of nitrogens with one attached hydrogen (secondary N) is 2. The summed E-state index contributed by atoms with van der Waals surface area (Å²) in [4.78, 5) is 48.0. The molecule has 11 nitrogen and oxygen atoms in total. The highest BCUT2D eigenvalue weighted by molar-refractivity contribution is 7.14. The number of aromatic hydroxyl groups is 1. The van der Waals surface area contributed by atoms with Crippen LogP contribution in [0.15, 0.2) is 95.8 Å². The number of anilines is 1. The number of aliphatic hydroxyl groups excluding tert-OH is 1. The number of benzene rings is 3. The van der Waals surface area contributed by atoms with Gasteiger partial charge in [-0.25, -0.2) is 4.79 Å². The molecule has 2 amide bonds. The van der Waals surface area contributed by atoms with Crippen molar-refractivity contribution in [1.29, 1.82) is 0 Å². The molecule has 2 fully saturated rings. The summed E-state index contributed by atoms with van der Waals surface area (Å²) >= 11 is 1.46. The first-order valence-corrected chi connectivity index (χ1v) is 19.6. The van der Waals surface area contributed by atoms with Crippen LogP contribution in [0, 0.1) is 5.92 Å². The lowest BCUT2D eigenvalue weighted by Gasteiger charge is -2.39. The lowest BCUT2D eigenvalue weighted by Crippen LogP contribution is -2.48. The van der Waals surface area contributed by atoms with Crippen molar-refractivity contribution in [2.45, 2.75) is 50.8 Å². The van der Waals surface area contributed by atoms with E-state index >= 15 is 0 Å². The van der Waals surface area contributed by atoms with Gasteiger partial charge >= 0.3 is 6.09 Å². The van der Waals surface area contributed by atoms with Gasteiger partial charge < -0.3 is 35.4 Å². The molecule has 0 bridgehead atoms. The van der Waals surface area contributed by atoms with Crippen molar-refractivity contribution in [3.05, 3.63) is 117 Å². The van der Waals surface area contributed by atoms with Crippen LogP contribution in [0.25, 0.3) is 22.0 Å². The minimum atomic E-state index is -0.912. The second-order valence-corrected chi connectivity index (χ2v) is 15.5. The van der Waals surface area contributed by atoms with Crippen LogP contribution in [0.2, 0.25) is 0 Å². The van der Waals surface area contributed by atoms with Gasteiger partial charge in [-0.2, -0.15) is 0 Å². The summed E-state index contributed by atoms with van der Waals surface area (Å²) in [5.74, 6) is 0.571. The molecule has 12 heteroatoms. The number of thiophene rings is 1. The van der Waals surface area contributed by atoms with Gasteiger partial charge in [0, 0.05) is 67.2 Å². The van der Waals surface area contributed by atoms with Gasteiger partial charge in [0.25, 0.3) is 5.91 Å². The Kier molecular flexibility index (Phi) is 11.7. The molecule has 1 atom stereocenters. The molecule has 7 rings (SSSR count). The molecule has 4 heterocycles. The largest absolute Gasteiger partial charge is 0.506 e. The summed E-state index contributed by atoms with van der Waals surface area (Å²) in [6.07, 6.45) is 2.84. The van der Waals surface area contributed by atoms with E-state index in [0.29, 0.717) is 33.8 Å². The van der Waals surface area contributed by atoms with Crippen LogP contribution in [0.5, 0.6) is 5.75 Å². The number of phenolic OH excluding ortho intramolecular Hbond substituents is 1. The number of aromatic amines is 1. The summed E-state index contributed by atoms with van der Waals surface area (Å²) in [5, 5.41) is 35.2. The van der Waals surface area contributed by atoms with Crippen molar-refractivity contribution < 1.29 is 24.9 Å². The number of para-hydroxylation sites is 1.